The first-order valence-electron chi connectivity index (χ1n) is 25.5. The second-order valence-corrected chi connectivity index (χ2v) is 19.1. The minimum absolute atomic E-state index is 0. The lowest BCUT2D eigenvalue weighted by Gasteiger charge is -2.23. The van der Waals surface area contributed by atoms with Crippen molar-refractivity contribution in [3.8, 4) is 5.75 Å². The van der Waals surface area contributed by atoms with Gasteiger partial charge in [0.2, 0.25) is 0 Å². The SMILES string of the molecule is CCCCCCCCCCCCCCCCCCC(=O)CCC(NC(=O)c1ccc(OCC[N+](C)(C)C)cc1)C(=O)CCCCCCCCCCCCCCCCCC.[Cl-]. The summed E-state index contributed by atoms with van der Waals surface area (Å²) in [5.41, 5.74) is 0.503. The highest BCUT2D eigenvalue weighted by Gasteiger charge is 2.22. The van der Waals surface area contributed by atoms with Crippen molar-refractivity contribution in [2.24, 2.45) is 0 Å². The van der Waals surface area contributed by atoms with Crippen LogP contribution in [0.1, 0.15) is 255 Å². The van der Waals surface area contributed by atoms with E-state index < -0.39 is 6.04 Å². The van der Waals surface area contributed by atoms with Crippen LogP contribution >= 0.6 is 0 Å². The Kier molecular flexibility index (Phi) is 39.8. The predicted octanol–water partition coefficient (Wildman–Crippen LogP) is 12.1. The maximum absolute atomic E-state index is 13.5. The number of ether oxygens (including phenoxy) is 1. The number of hydrogen-bond acceptors (Lipinski definition) is 4. The number of unbranched alkanes of at least 4 members (excludes halogenated alkanes) is 30. The van der Waals surface area contributed by atoms with Crippen LogP contribution in [-0.2, 0) is 9.59 Å². The summed E-state index contributed by atoms with van der Waals surface area (Å²) >= 11 is 0. The maximum atomic E-state index is 13.5. The molecule has 0 saturated heterocycles. The maximum Gasteiger partial charge on any atom is 0.251 e. The first-order chi connectivity index (χ1) is 28.7. The van der Waals surface area contributed by atoms with Crippen LogP contribution in [0.5, 0.6) is 5.75 Å². The molecule has 6 nitrogen and oxygen atoms in total. The summed E-state index contributed by atoms with van der Waals surface area (Å²) in [6.07, 6.45) is 43.5. The van der Waals surface area contributed by atoms with Gasteiger partial charge in [-0.25, -0.2) is 0 Å². The van der Waals surface area contributed by atoms with Gasteiger partial charge in [0.25, 0.3) is 5.91 Å². The Labute approximate surface area is 378 Å². The average molecular weight is 862 g/mol. The van der Waals surface area contributed by atoms with Crippen LogP contribution in [0.3, 0.4) is 0 Å². The Morgan fingerprint density at radius 2 is 0.850 bits per heavy atom. The van der Waals surface area contributed by atoms with Gasteiger partial charge in [-0.15, -0.1) is 0 Å². The molecule has 0 aromatic heterocycles. The number of nitrogens with one attached hydrogen (secondary N) is 1. The molecule has 0 bridgehead atoms. The number of hydrogen-bond donors (Lipinski definition) is 1. The fraction of sp³-hybridized carbons (Fsp3) is 0.830. The number of nitrogens with zero attached hydrogens (tertiary/aromatic N) is 1. The molecule has 0 spiro atoms. The number of quaternary nitrogens is 1. The van der Waals surface area contributed by atoms with Gasteiger partial charge in [0, 0.05) is 24.8 Å². The molecule has 1 unspecified atom stereocenters. The molecule has 0 aliphatic carbocycles. The molecule has 1 aromatic carbocycles. The molecule has 1 amide bonds. The van der Waals surface area contributed by atoms with Crippen LogP contribution < -0.4 is 22.5 Å². The van der Waals surface area contributed by atoms with Gasteiger partial charge < -0.3 is 26.9 Å². The van der Waals surface area contributed by atoms with E-state index >= 15 is 0 Å². The van der Waals surface area contributed by atoms with Gasteiger partial charge in [-0.2, -0.15) is 0 Å². The average Bonchev–Trinajstić information content (AvgIpc) is 3.21. The van der Waals surface area contributed by atoms with Crippen LogP contribution in [-0.4, -0.2) is 62.3 Å². The highest BCUT2D eigenvalue weighted by Crippen LogP contribution is 2.18. The Hall–Kier alpha value is -1.92. The largest absolute Gasteiger partial charge is 1.00 e. The summed E-state index contributed by atoms with van der Waals surface area (Å²) in [6, 6.07) is 6.53. The minimum atomic E-state index is -0.630. The van der Waals surface area contributed by atoms with Crippen molar-refractivity contribution in [2.75, 3.05) is 34.3 Å². The summed E-state index contributed by atoms with van der Waals surface area (Å²) in [5.74, 6) is 0.726. The van der Waals surface area contributed by atoms with E-state index in [1.165, 1.54) is 173 Å². The molecule has 350 valence electrons. The molecule has 0 aliphatic heterocycles. The lowest BCUT2D eigenvalue weighted by molar-refractivity contribution is -0.870. The highest BCUT2D eigenvalue weighted by atomic mass is 35.5. The number of likely N-dealkylation sites (N-methyl/N-ethyl adjacent to an activating group) is 1. The number of Topliss-reactive ketones (excluding diaryl/α,β-unsaturated/α-hetero) is 2. The third-order valence-electron chi connectivity index (χ3n) is 12.1. The molecule has 1 atom stereocenters. The first-order valence-corrected chi connectivity index (χ1v) is 25.5. The molecule has 7 heteroatoms. The fourth-order valence-electron chi connectivity index (χ4n) is 8.02. The van der Waals surface area contributed by atoms with Gasteiger partial charge >= 0.3 is 0 Å². The van der Waals surface area contributed by atoms with E-state index in [9.17, 15) is 14.4 Å². The van der Waals surface area contributed by atoms with Crippen molar-refractivity contribution in [1.29, 1.82) is 0 Å². The molecule has 1 N–H and O–H groups in total. The molecule has 60 heavy (non-hydrogen) atoms. The smallest absolute Gasteiger partial charge is 0.251 e. The number of halogens is 1. The summed E-state index contributed by atoms with van der Waals surface area (Å²) in [4.78, 5) is 39.8. The van der Waals surface area contributed by atoms with Gasteiger partial charge in [0.05, 0.1) is 27.2 Å². The van der Waals surface area contributed by atoms with Crippen LogP contribution in [0.15, 0.2) is 24.3 Å². The van der Waals surface area contributed by atoms with Crippen LogP contribution in [0.25, 0.3) is 0 Å². The number of rotatable bonds is 44. The van der Waals surface area contributed by atoms with E-state index in [2.05, 4.69) is 40.3 Å². The van der Waals surface area contributed by atoms with E-state index in [0.29, 0.717) is 37.9 Å². The lowest BCUT2D eigenvalue weighted by Crippen LogP contribution is -3.00. The number of ketones is 2. The van der Waals surface area contributed by atoms with Crippen molar-refractivity contribution < 1.29 is 36.0 Å². The molecule has 1 rings (SSSR count). The van der Waals surface area contributed by atoms with Crippen LogP contribution in [0.2, 0.25) is 0 Å². The molecule has 0 heterocycles. The van der Waals surface area contributed by atoms with Gasteiger partial charge in [0.15, 0.2) is 5.78 Å². The topological polar surface area (TPSA) is 72.5 Å². The van der Waals surface area contributed by atoms with E-state index in [4.69, 9.17) is 4.74 Å². The normalized spacial score (nSPS) is 11.9. The molecule has 0 saturated carbocycles. The van der Waals surface area contributed by atoms with Crippen molar-refractivity contribution in [3.05, 3.63) is 29.8 Å². The zero-order valence-corrected chi connectivity index (χ0v) is 41.0. The zero-order valence-electron chi connectivity index (χ0n) is 40.2. The van der Waals surface area contributed by atoms with Gasteiger partial charge in [-0.3, -0.25) is 14.4 Å². The van der Waals surface area contributed by atoms with Gasteiger partial charge in [-0.05, 0) is 43.5 Å². The fourth-order valence-corrected chi connectivity index (χ4v) is 8.02. The number of carbonyl (C=O) groups is 3. The molecular formula is C53H97ClN2O4. The molecule has 0 fully saturated rings. The second kappa shape index (κ2) is 41.1. The number of benzene rings is 1. The Morgan fingerprint density at radius 1 is 0.500 bits per heavy atom. The van der Waals surface area contributed by atoms with E-state index in [0.717, 1.165) is 48.9 Å². The number of amides is 1. The standard InChI is InChI=1S/C53H96N2O4.ClH/c1-6-8-10-12-14-16-18-20-22-24-26-28-30-32-34-36-38-49(56)42-45-51(54-53(58)48-40-43-50(44-41-48)59-47-46-55(3,4)5)52(57)39-37-35-33-31-29-27-25-23-21-19-17-15-13-11-9-7-2;/h40-41,43-44,51H,6-39,42,45-47H2,1-5H3;1H. The van der Waals surface area contributed by atoms with Gasteiger partial charge in [0.1, 0.15) is 24.7 Å². The summed E-state index contributed by atoms with van der Waals surface area (Å²) in [7, 11) is 6.39. The third-order valence-corrected chi connectivity index (χ3v) is 12.1. The summed E-state index contributed by atoms with van der Waals surface area (Å²) < 4.78 is 6.70. The first kappa shape index (κ1) is 58.1. The second-order valence-electron chi connectivity index (χ2n) is 19.1. The molecule has 0 aliphatic rings. The molecule has 1 aromatic rings. The van der Waals surface area contributed by atoms with Crippen molar-refractivity contribution in [1.82, 2.24) is 5.32 Å². The lowest BCUT2D eigenvalue weighted by atomic mass is 9.97. The quantitative estimate of drug-likeness (QED) is 0.0524. The molecular weight excluding hydrogens is 764 g/mol. The minimum Gasteiger partial charge on any atom is -1.00 e. The third kappa shape index (κ3) is 36.7. The Morgan fingerprint density at radius 3 is 1.22 bits per heavy atom. The van der Waals surface area contributed by atoms with Gasteiger partial charge in [-0.1, -0.05) is 206 Å². The van der Waals surface area contributed by atoms with Crippen LogP contribution in [0, 0.1) is 0 Å². The van der Waals surface area contributed by atoms with Crippen molar-refractivity contribution >= 4 is 17.5 Å². The predicted molar refractivity (Wildman–Crippen MR) is 254 cm³/mol. The summed E-state index contributed by atoms with van der Waals surface area (Å²) in [5, 5.41) is 3.02. The zero-order chi connectivity index (χ0) is 43.1. The van der Waals surface area contributed by atoms with Crippen molar-refractivity contribution in [2.45, 2.75) is 251 Å². The number of carbonyl (C=O) groups excluding carboxylic acids is 3. The highest BCUT2D eigenvalue weighted by molar-refractivity contribution is 5.98. The van der Waals surface area contributed by atoms with E-state index in [-0.39, 0.29) is 29.9 Å². The van der Waals surface area contributed by atoms with E-state index in [1.807, 2.05) is 12.1 Å². The van der Waals surface area contributed by atoms with Crippen molar-refractivity contribution in [3.63, 3.8) is 0 Å². The monoisotopic (exact) mass is 861 g/mol. The van der Waals surface area contributed by atoms with E-state index in [1.54, 1.807) is 12.1 Å². The van der Waals surface area contributed by atoms with Crippen LogP contribution in [0.4, 0.5) is 0 Å². The summed E-state index contributed by atoms with van der Waals surface area (Å²) in [6.45, 7) is 6.03. The molecule has 0 radical (unpaired) electrons. The Balaban J connectivity index is 0.0000348. The Bertz CT molecular complexity index is 1130.